The van der Waals surface area contributed by atoms with Crippen molar-refractivity contribution in [1.29, 1.82) is 0 Å². The molecule has 2 aliphatic heterocycles. The lowest BCUT2D eigenvalue weighted by Crippen LogP contribution is -2.59. The highest BCUT2D eigenvalue weighted by atomic mass is 19.4. The first-order valence-electron chi connectivity index (χ1n) is 11.3. The van der Waals surface area contributed by atoms with Gasteiger partial charge in [-0.15, -0.1) is 0 Å². The molecule has 3 aromatic heterocycles. The maximum absolute atomic E-state index is 14.5. The van der Waals surface area contributed by atoms with E-state index in [1.807, 2.05) is 0 Å². The van der Waals surface area contributed by atoms with Crippen molar-refractivity contribution in [3.05, 3.63) is 71.4 Å². The molecule has 3 aliphatic rings. The van der Waals surface area contributed by atoms with Crippen LogP contribution in [0.1, 0.15) is 40.7 Å². The van der Waals surface area contributed by atoms with Gasteiger partial charge in [-0.2, -0.15) is 13.2 Å². The van der Waals surface area contributed by atoms with Gasteiger partial charge in [-0.3, -0.25) is 14.8 Å². The smallest absolute Gasteiger partial charge is 0.417 e. The molecule has 6 rings (SSSR count). The summed E-state index contributed by atoms with van der Waals surface area (Å²) >= 11 is 0. The zero-order chi connectivity index (χ0) is 24.7. The van der Waals surface area contributed by atoms with Crippen LogP contribution < -0.4 is 4.74 Å². The maximum atomic E-state index is 14.5. The van der Waals surface area contributed by atoms with Crippen LogP contribution in [0.2, 0.25) is 0 Å². The summed E-state index contributed by atoms with van der Waals surface area (Å²) in [6, 6.07) is 6.24. The monoisotopic (exact) mass is 486 g/mol. The minimum Gasteiger partial charge on any atom is -0.472 e. The molecule has 3 atom stereocenters. The van der Waals surface area contributed by atoms with E-state index in [0.29, 0.717) is 19.4 Å². The minimum absolute atomic E-state index is 0.000210. The van der Waals surface area contributed by atoms with E-state index < -0.39 is 23.7 Å². The van der Waals surface area contributed by atoms with E-state index >= 15 is 0 Å². The summed E-state index contributed by atoms with van der Waals surface area (Å²) in [6.07, 6.45) is 1.13. The van der Waals surface area contributed by atoms with Crippen LogP contribution in [-0.4, -0.2) is 44.4 Å². The molecule has 1 aliphatic carbocycles. The highest BCUT2D eigenvalue weighted by Gasteiger charge is 2.45. The fraction of sp³-hybridized carbons (Fsp3) is 0.360. The van der Waals surface area contributed by atoms with Gasteiger partial charge >= 0.3 is 6.18 Å². The Kier molecular flexibility index (Phi) is 5.90. The molecule has 3 aromatic rings. The van der Waals surface area contributed by atoms with E-state index in [9.17, 15) is 22.4 Å². The highest BCUT2D eigenvalue weighted by molar-refractivity contribution is 6.00. The molecular formula is C25H22F4N4O2. The third kappa shape index (κ3) is 4.56. The van der Waals surface area contributed by atoms with Crippen molar-refractivity contribution in [1.82, 2.24) is 19.9 Å². The van der Waals surface area contributed by atoms with Crippen LogP contribution in [0.4, 0.5) is 17.6 Å². The number of nitrogens with zero attached hydrogens (tertiary/aromatic N) is 4. The molecule has 5 heterocycles. The Hall–Kier alpha value is -3.56. The lowest BCUT2D eigenvalue weighted by atomic mass is 9.77. The van der Waals surface area contributed by atoms with Crippen molar-refractivity contribution in [2.24, 2.45) is 5.92 Å². The molecule has 182 valence electrons. The SMILES string of the molecule is Cc1cnc(-c2ncccc2F)c(C(=O)N2C[C@@H]3CC[C@H]2[C@H](Oc2ccc(C(F)(F)F)cn2)C3)c1. The zero-order valence-electron chi connectivity index (χ0n) is 18.8. The van der Waals surface area contributed by atoms with Crippen molar-refractivity contribution in [3.8, 4) is 17.3 Å². The summed E-state index contributed by atoms with van der Waals surface area (Å²) in [4.78, 5) is 27.7. The predicted molar refractivity (Wildman–Crippen MR) is 118 cm³/mol. The van der Waals surface area contributed by atoms with Crippen LogP contribution in [0.15, 0.2) is 48.9 Å². The Morgan fingerprint density at radius 3 is 2.60 bits per heavy atom. The number of alkyl halides is 3. The molecule has 6 nitrogen and oxygen atoms in total. The largest absolute Gasteiger partial charge is 0.472 e. The highest BCUT2D eigenvalue weighted by Crippen LogP contribution is 2.39. The van der Waals surface area contributed by atoms with E-state index in [2.05, 4.69) is 15.0 Å². The summed E-state index contributed by atoms with van der Waals surface area (Å²) in [7, 11) is 0. The summed E-state index contributed by atoms with van der Waals surface area (Å²) in [5, 5.41) is 0. The van der Waals surface area contributed by atoms with Crippen LogP contribution in [0.5, 0.6) is 5.88 Å². The first kappa shape index (κ1) is 23.2. The van der Waals surface area contributed by atoms with Gasteiger partial charge in [0.15, 0.2) is 5.82 Å². The number of rotatable bonds is 4. The standard InChI is InChI=1S/C25H22F4N4O2/c1-14-9-17(22(32-11-14)23-18(26)3-2-8-30-23)24(34)33-13-15-4-6-19(33)20(10-15)35-21-7-5-16(12-31-21)25(27,28)29/h2-3,5,7-9,11-12,15,19-20H,4,6,10,13H2,1H3/t15-,19+,20-/m1/s1. The number of ether oxygens (including phenoxy) is 1. The summed E-state index contributed by atoms with van der Waals surface area (Å²) in [5.74, 6) is -0.620. The topological polar surface area (TPSA) is 68.2 Å². The number of halogens is 4. The number of carbonyl (C=O) groups is 1. The summed E-state index contributed by atoms with van der Waals surface area (Å²) < 4.78 is 59.0. The number of piperidine rings is 2. The van der Waals surface area contributed by atoms with Gasteiger partial charge in [-0.25, -0.2) is 9.37 Å². The number of amides is 1. The Balaban J connectivity index is 1.42. The van der Waals surface area contributed by atoms with Gasteiger partial charge in [0.1, 0.15) is 17.5 Å². The molecule has 10 heteroatoms. The van der Waals surface area contributed by atoms with Gasteiger partial charge in [0, 0.05) is 31.2 Å². The average molecular weight is 486 g/mol. The molecule has 1 saturated carbocycles. The number of pyridine rings is 3. The quantitative estimate of drug-likeness (QED) is 0.482. The molecule has 1 amide bonds. The molecule has 2 saturated heterocycles. The Labute approximate surface area is 199 Å². The summed E-state index contributed by atoms with van der Waals surface area (Å²) in [5.41, 5.74) is 0.314. The number of hydrogen-bond donors (Lipinski definition) is 0. The molecule has 0 unspecified atom stereocenters. The number of fused-ring (bicyclic) bond motifs is 3. The lowest BCUT2D eigenvalue weighted by molar-refractivity contribution is -0.137. The normalized spacial score (nSPS) is 21.7. The van der Waals surface area contributed by atoms with Crippen LogP contribution >= 0.6 is 0 Å². The molecule has 0 radical (unpaired) electrons. The Morgan fingerprint density at radius 2 is 1.91 bits per heavy atom. The van der Waals surface area contributed by atoms with Crippen molar-refractivity contribution < 1.29 is 27.1 Å². The van der Waals surface area contributed by atoms with Gasteiger partial charge in [0.25, 0.3) is 5.91 Å². The van der Waals surface area contributed by atoms with E-state index in [-0.39, 0.29) is 40.7 Å². The van der Waals surface area contributed by atoms with Gasteiger partial charge in [-0.1, -0.05) is 0 Å². The van der Waals surface area contributed by atoms with Crippen molar-refractivity contribution >= 4 is 5.91 Å². The molecule has 2 bridgehead atoms. The predicted octanol–water partition coefficient (Wildman–Crippen LogP) is 5.08. The van der Waals surface area contributed by atoms with E-state index in [1.165, 1.54) is 24.4 Å². The van der Waals surface area contributed by atoms with Crippen LogP contribution in [0, 0.1) is 18.7 Å². The second-order valence-corrected chi connectivity index (χ2v) is 8.99. The fourth-order valence-corrected chi connectivity index (χ4v) is 4.90. The third-order valence-electron chi connectivity index (χ3n) is 6.55. The van der Waals surface area contributed by atoms with Gasteiger partial charge in [0.2, 0.25) is 5.88 Å². The number of hydrogen-bond acceptors (Lipinski definition) is 5. The number of carbonyl (C=O) groups excluding carboxylic acids is 1. The molecule has 0 spiro atoms. The van der Waals surface area contributed by atoms with Crippen LogP contribution in [0.25, 0.3) is 11.4 Å². The van der Waals surface area contributed by atoms with Crippen LogP contribution in [-0.2, 0) is 6.18 Å². The van der Waals surface area contributed by atoms with E-state index in [4.69, 9.17) is 4.74 Å². The van der Waals surface area contributed by atoms with Crippen molar-refractivity contribution in [2.45, 2.75) is 44.5 Å². The second kappa shape index (κ2) is 8.90. The average Bonchev–Trinajstić information content (AvgIpc) is 2.84. The number of aromatic nitrogens is 3. The van der Waals surface area contributed by atoms with Gasteiger partial charge < -0.3 is 9.64 Å². The summed E-state index contributed by atoms with van der Waals surface area (Å²) in [6.45, 7) is 2.31. The Bertz CT molecular complexity index is 1250. The second-order valence-electron chi connectivity index (χ2n) is 8.99. The van der Waals surface area contributed by atoms with Gasteiger partial charge in [-0.05, 0) is 61.9 Å². The zero-order valence-corrected chi connectivity index (χ0v) is 18.8. The van der Waals surface area contributed by atoms with E-state index in [1.54, 1.807) is 24.1 Å². The molecule has 0 aromatic carbocycles. The first-order chi connectivity index (χ1) is 16.7. The first-order valence-corrected chi connectivity index (χ1v) is 11.3. The number of aryl methyl sites for hydroxylation is 1. The fourth-order valence-electron chi connectivity index (χ4n) is 4.90. The molecule has 35 heavy (non-hydrogen) atoms. The Morgan fingerprint density at radius 1 is 1.09 bits per heavy atom. The third-order valence-corrected chi connectivity index (χ3v) is 6.55. The molecule has 3 fully saturated rings. The van der Waals surface area contributed by atoms with Crippen molar-refractivity contribution in [2.75, 3.05) is 6.54 Å². The van der Waals surface area contributed by atoms with Crippen molar-refractivity contribution in [3.63, 3.8) is 0 Å². The molecular weight excluding hydrogens is 464 g/mol. The minimum atomic E-state index is -4.48. The molecule has 0 N–H and O–H groups in total. The van der Waals surface area contributed by atoms with E-state index in [0.717, 1.165) is 24.2 Å². The maximum Gasteiger partial charge on any atom is 0.417 e. The van der Waals surface area contributed by atoms with Gasteiger partial charge in [0.05, 0.1) is 17.2 Å². The van der Waals surface area contributed by atoms with Crippen LogP contribution in [0.3, 0.4) is 0 Å². The lowest BCUT2D eigenvalue weighted by Gasteiger charge is -2.49.